The third-order valence-corrected chi connectivity index (χ3v) is 4.62. The Morgan fingerprint density at radius 2 is 2.17 bits per heavy atom. The number of ether oxygens (including phenoxy) is 1. The van der Waals surface area contributed by atoms with Gasteiger partial charge < -0.3 is 15.0 Å². The number of halogens is 1. The van der Waals surface area contributed by atoms with Crippen molar-refractivity contribution in [2.75, 3.05) is 13.2 Å². The van der Waals surface area contributed by atoms with E-state index in [4.69, 9.17) is 4.74 Å². The van der Waals surface area contributed by atoms with Crippen LogP contribution in [0.3, 0.4) is 0 Å². The monoisotopic (exact) mass is 393 g/mol. The minimum atomic E-state index is -0.130. The predicted molar refractivity (Wildman–Crippen MR) is 92.2 cm³/mol. The number of aromatic nitrogens is 3. The Hall–Kier alpha value is -1.93. The van der Waals surface area contributed by atoms with Crippen molar-refractivity contribution in [3.63, 3.8) is 0 Å². The Labute approximate surface area is 149 Å². The van der Waals surface area contributed by atoms with Crippen molar-refractivity contribution >= 4 is 22.0 Å². The zero-order valence-corrected chi connectivity index (χ0v) is 15.2. The number of carbonyl (C=O) groups excluding carboxylic acids is 1. The standard InChI is InChI=1S/C16H20BrN5O2/c1-11-15(12-3-5-13(17)6-4-12)24-8-7-22(11)16(23)18-9-14-10-19-21(2)20-14/h3-6,10-11,15H,7-9H2,1-2H3,(H,18,23)/t11-,15+/m1/s1. The summed E-state index contributed by atoms with van der Waals surface area (Å²) in [4.78, 5) is 15.8. The van der Waals surface area contributed by atoms with E-state index in [9.17, 15) is 4.79 Å². The van der Waals surface area contributed by atoms with Gasteiger partial charge in [0, 0.05) is 18.1 Å². The van der Waals surface area contributed by atoms with Gasteiger partial charge in [0.15, 0.2) is 0 Å². The molecule has 2 atom stereocenters. The van der Waals surface area contributed by atoms with E-state index in [1.165, 1.54) is 4.80 Å². The van der Waals surface area contributed by atoms with E-state index in [1.807, 2.05) is 36.1 Å². The summed E-state index contributed by atoms with van der Waals surface area (Å²) in [6, 6.07) is 7.84. The van der Waals surface area contributed by atoms with Crippen molar-refractivity contribution in [2.45, 2.75) is 25.6 Å². The molecule has 2 heterocycles. The van der Waals surface area contributed by atoms with Gasteiger partial charge in [-0.2, -0.15) is 15.0 Å². The van der Waals surface area contributed by atoms with E-state index in [1.54, 1.807) is 13.2 Å². The molecule has 0 unspecified atom stereocenters. The molecule has 3 rings (SSSR count). The average Bonchev–Trinajstić information content (AvgIpc) is 2.99. The molecule has 1 aliphatic heterocycles. The Balaban J connectivity index is 1.64. The second-order valence-electron chi connectivity index (χ2n) is 5.76. The Bertz CT molecular complexity index is 703. The fourth-order valence-corrected chi connectivity index (χ4v) is 3.10. The SMILES string of the molecule is C[C@@H]1[C@@H](c2ccc(Br)cc2)OCCN1C(=O)NCc1cnn(C)n1. The molecule has 24 heavy (non-hydrogen) atoms. The molecule has 0 saturated carbocycles. The van der Waals surface area contributed by atoms with Gasteiger partial charge in [0.1, 0.15) is 11.8 Å². The predicted octanol–water partition coefficient (Wildman–Crippen LogP) is 2.25. The van der Waals surface area contributed by atoms with Gasteiger partial charge in [-0.3, -0.25) is 0 Å². The van der Waals surface area contributed by atoms with Crippen LogP contribution in [0.25, 0.3) is 0 Å². The molecule has 1 aromatic carbocycles. The number of urea groups is 1. The van der Waals surface area contributed by atoms with Crippen LogP contribution >= 0.6 is 15.9 Å². The number of hydrogen-bond donors (Lipinski definition) is 1. The van der Waals surface area contributed by atoms with E-state index < -0.39 is 0 Å². The second kappa shape index (κ2) is 7.31. The lowest BCUT2D eigenvalue weighted by molar-refractivity contribution is -0.0498. The van der Waals surface area contributed by atoms with Crippen LogP contribution in [0.15, 0.2) is 34.9 Å². The van der Waals surface area contributed by atoms with E-state index in [0.29, 0.717) is 19.7 Å². The van der Waals surface area contributed by atoms with Gasteiger partial charge in [0.2, 0.25) is 0 Å². The molecule has 0 radical (unpaired) electrons. The van der Waals surface area contributed by atoms with Crippen LogP contribution in [0.4, 0.5) is 4.79 Å². The highest BCUT2D eigenvalue weighted by Gasteiger charge is 2.32. The van der Waals surface area contributed by atoms with Gasteiger partial charge in [-0.15, -0.1) is 0 Å². The summed E-state index contributed by atoms with van der Waals surface area (Å²) in [7, 11) is 1.75. The minimum Gasteiger partial charge on any atom is -0.370 e. The van der Waals surface area contributed by atoms with Crippen molar-refractivity contribution in [1.82, 2.24) is 25.2 Å². The molecule has 0 spiro atoms. The van der Waals surface area contributed by atoms with Crippen LogP contribution in [-0.2, 0) is 18.3 Å². The largest absolute Gasteiger partial charge is 0.370 e. The third-order valence-electron chi connectivity index (χ3n) is 4.09. The average molecular weight is 394 g/mol. The molecule has 7 nitrogen and oxygen atoms in total. The van der Waals surface area contributed by atoms with Gasteiger partial charge in [0.05, 0.1) is 25.4 Å². The van der Waals surface area contributed by atoms with Crippen LogP contribution in [0.1, 0.15) is 24.3 Å². The van der Waals surface area contributed by atoms with Crippen LogP contribution < -0.4 is 5.32 Å². The number of benzene rings is 1. The number of carbonyl (C=O) groups is 1. The molecule has 1 saturated heterocycles. The molecule has 8 heteroatoms. The maximum absolute atomic E-state index is 12.5. The Morgan fingerprint density at radius 1 is 1.42 bits per heavy atom. The summed E-state index contributed by atoms with van der Waals surface area (Å²) in [5, 5.41) is 11.1. The van der Waals surface area contributed by atoms with Gasteiger partial charge in [-0.05, 0) is 24.6 Å². The fourth-order valence-electron chi connectivity index (χ4n) is 2.83. The summed E-state index contributed by atoms with van der Waals surface area (Å²) in [5.41, 5.74) is 1.80. The van der Waals surface area contributed by atoms with Crippen LogP contribution in [0, 0.1) is 0 Å². The first-order valence-electron chi connectivity index (χ1n) is 7.81. The highest BCUT2D eigenvalue weighted by atomic mass is 79.9. The highest BCUT2D eigenvalue weighted by Crippen LogP contribution is 2.29. The maximum Gasteiger partial charge on any atom is 0.318 e. The smallest absolute Gasteiger partial charge is 0.318 e. The molecule has 128 valence electrons. The first kappa shape index (κ1) is 16.9. The zero-order chi connectivity index (χ0) is 17.1. The normalized spacial score (nSPS) is 20.9. The lowest BCUT2D eigenvalue weighted by Crippen LogP contribution is -2.52. The summed E-state index contributed by atoms with van der Waals surface area (Å²) in [6.45, 7) is 3.46. The van der Waals surface area contributed by atoms with Crippen molar-refractivity contribution in [3.8, 4) is 0 Å². The molecular formula is C16H20BrN5O2. The number of nitrogens with zero attached hydrogens (tertiary/aromatic N) is 4. The number of aryl methyl sites for hydroxylation is 1. The first-order chi connectivity index (χ1) is 11.5. The van der Waals surface area contributed by atoms with Crippen LogP contribution in [0.2, 0.25) is 0 Å². The maximum atomic E-state index is 12.5. The van der Waals surface area contributed by atoms with Crippen molar-refractivity contribution < 1.29 is 9.53 Å². The van der Waals surface area contributed by atoms with Gasteiger partial charge in [0.25, 0.3) is 0 Å². The third kappa shape index (κ3) is 3.76. The van der Waals surface area contributed by atoms with E-state index >= 15 is 0 Å². The molecule has 2 aromatic rings. The van der Waals surface area contributed by atoms with Gasteiger partial charge >= 0.3 is 6.03 Å². The number of morpholine rings is 1. The number of nitrogens with one attached hydrogen (secondary N) is 1. The summed E-state index contributed by atoms with van der Waals surface area (Å²) in [6.07, 6.45) is 1.52. The molecule has 1 N–H and O–H groups in total. The highest BCUT2D eigenvalue weighted by molar-refractivity contribution is 9.10. The molecule has 1 aliphatic rings. The van der Waals surface area contributed by atoms with Gasteiger partial charge in [-0.25, -0.2) is 4.79 Å². The zero-order valence-electron chi connectivity index (χ0n) is 13.6. The fraction of sp³-hybridized carbons (Fsp3) is 0.438. The second-order valence-corrected chi connectivity index (χ2v) is 6.68. The number of rotatable bonds is 3. The van der Waals surface area contributed by atoms with E-state index in [0.717, 1.165) is 15.7 Å². The first-order valence-corrected chi connectivity index (χ1v) is 8.60. The number of hydrogen-bond acceptors (Lipinski definition) is 4. The van der Waals surface area contributed by atoms with Crippen molar-refractivity contribution in [3.05, 3.63) is 46.2 Å². The Kier molecular flexibility index (Phi) is 5.15. The van der Waals surface area contributed by atoms with E-state index in [-0.39, 0.29) is 18.2 Å². The molecule has 0 bridgehead atoms. The lowest BCUT2D eigenvalue weighted by Gasteiger charge is -2.39. The van der Waals surface area contributed by atoms with E-state index in [2.05, 4.69) is 31.4 Å². The molecular weight excluding hydrogens is 374 g/mol. The van der Waals surface area contributed by atoms with Crippen LogP contribution in [-0.4, -0.2) is 45.1 Å². The number of amides is 2. The van der Waals surface area contributed by atoms with Gasteiger partial charge in [-0.1, -0.05) is 28.1 Å². The summed E-state index contributed by atoms with van der Waals surface area (Å²) in [5.74, 6) is 0. The summed E-state index contributed by atoms with van der Waals surface area (Å²) >= 11 is 3.44. The van der Waals surface area contributed by atoms with Crippen molar-refractivity contribution in [1.29, 1.82) is 0 Å². The molecule has 1 aromatic heterocycles. The molecule has 0 aliphatic carbocycles. The minimum absolute atomic E-state index is 0.0539. The molecule has 2 amide bonds. The summed E-state index contributed by atoms with van der Waals surface area (Å²) < 4.78 is 6.92. The lowest BCUT2D eigenvalue weighted by atomic mass is 10.0. The molecule has 1 fully saturated rings. The topological polar surface area (TPSA) is 72.3 Å². The quantitative estimate of drug-likeness (QED) is 0.867. The van der Waals surface area contributed by atoms with Crippen molar-refractivity contribution in [2.24, 2.45) is 7.05 Å². The Morgan fingerprint density at radius 3 is 2.83 bits per heavy atom. The van der Waals surface area contributed by atoms with Crippen LogP contribution in [0.5, 0.6) is 0 Å².